The Morgan fingerprint density at radius 2 is 1.83 bits per heavy atom. The number of sulfonamides is 1. The first kappa shape index (κ1) is 21.5. The summed E-state index contributed by atoms with van der Waals surface area (Å²) in [6, 6.07) is 12.0. The lowest BCUT2D eigenvalue weighted by Crippen LogP contribution is -2.29. The summed E-state index contributed by atoms with van der Waals surface area (Å²) >= 11 is 5.89. The largest absolute Gasteiger partial charge is 0.479 e. The Labute approximate surface area is 177 Å². The summed E-state index contributed by atoms with van der Waals surface area (Å²) in [6.07, 6.45) is 2.22. The number of hydrogen-bond acceptors (Lipinski definition) is 6. The van der Waals surface area contributed by atoms with Gasteiger partial charge in [-0.25, -0.2) is 22.5 Å². The van der Waals surface area contributed by atoms with Crippen molar-refractivity contribution in [1.82, 2.24) is 9.71 Å². The lowest BCUT2D eigenvalue weighted by Gasteiger charge is -2.14. The van der Waals surface area contributed by atoms with Crippen LogP contribution in [0.15, 0.2) is 54.7 Å². The fourth-order valence-electron chi connectivity index (χ4n) is 2.57. The highest BCUT2D eigenvalue weighted by Crippen LogP contribution is 2.35. The Bertz CT molecular complexity index is 1200. The van der Waals surface area contributed by atoms with Gasteiger partial charge in [0.05, 0.1) is 13.4 Å². The zero-order valence-electron chi connectivity index (χ0n) is 15.8. The third-order valence-electron chi connectivity index (χ3n) is 3.87. The predicted octanol–water partition coefficient (Wildman–Crippen LogP) is 4.03. The van der Waals surface area contributed by atoms with Crippen molar-refractivity contribution in [3.63, 3.8) is 0 Å². The molecule has 1 aromatic heterocycles. The van der Waals surface area contributed by atoms with E-state index in [1.807, 2.05) is 4.72 Å². The van der Waals surface area contributed by atoms with Crippen molar-refractivity contribution in [2.45, 2.75) is 0 Å². The van der Waals surface area contributed by atoms with Gasteiger partial charge in [-0.1, -0.05) is 11.6 Å². The van der Waals surface area contributed by atoms with Crippen LogP contribution in [0.4, 0.5) is 4.39 Å². The first-order valence-electron chi connectivity index (χ1n) is 8.46. The SMILES string of the molecule is COc1ncc(-c2cc(C(=O)NS(C)(=O)=O)ccc2Oc2ccc(Cl)cc2)cc1F. The Hall–Kier alpha value is -3.17. The lowest BCUT2D eigenvalue weighted by atomic mass is 10.0. The zero-order valence-corrected chi connectivity index (χ0v) is 17.4. The summed E-state index contributed by atoms with van der Waals surface area (Å²) in [4.78, 5) is 16.2. The molecule has 0 fully saturated rings. The van der Waals surface area contributed by atoms with Crippen LogP contribution in [0, 0.1) is 5.82 Å². The van der Waals surface area contributed by atoms with Gasteiger partial charge in [-0.3, -0.25) is 4.79 Å². The topological polar surface area (TPSA) is 94.6 Å². The molecule has 156 valence electrons. The van der Waals surface area contributed by atoms with Gasteiger partial charge in [-0.05, 0) is 48.5 Å². The molecule has 0 bridgehead atoms. The third kappa shape index (κ3) is 5.25. The van der Waals surface area contributed by atoms with Gasteiger partial charge in [0.25, 0.3) is 5.91 Å². The minimum absolute atomic E-state index is 0.0371. The first-order valence-corrected chi connectivity index (χ1v) is 10.7. The molecule has 1 amide bonds. The van der Waals surface area contributed by atoms with Crippen molar-refractivity contribution < 1.29 is 27.1 Å². The molecule has 7 nitrogen and oxygen atoms in total. The Morgan fingerprint density at radius 1 is 1.13 bits per heavy atom. The number of nitrogens with one attached hydrogen (secondary N) is 1. The minimum Gasteiger partial charge on any atom is -0.479 e. The number of amides is 1. The van der Waals surface area contributed by atoms with E-state index in [2.05, 4.69) is 4.98 Å². The molecular weight excluding hydrogens is 435 g/mol. The number of halogens is 2. The van der Waals surface area contributed by atoms with Crippen LogP contribution in [-0.2, 0) is 10.0 Å². The number of benzene rings is 2. The fraction of sp³-hybridized carbons (Fsp3) is 0.100. The van der Waals surface area contributed by atoms with E-state index in [0.29, 0.717) is 27.6 Å². The second kappa shape index (κ2) is 8.68. The molecule has 0 aliphatic carbocycles. The molecule has 0 aliphatic heterocycles. The normalized spacial score (nSPS) is 11.1. The monoisotopic (exact) mass is 450 g/mol. The molecule has 1 heterocycles. The van der Waals surface area contributed by atoms with E-state index >= 15 is 0 Å². The molecule has 3 aromatic rings. The van der Waals surface area contributed by atoms with E-state index < -0.39 is 21.7 Å². The van der Waals surface area contributed by atoms with Crippen molar-refractivity contribution in [3.05, 3.63) is 71.1 Å². The van der Waals surface area contributed by atoms with Crippen LogP contribution >= 0.6 is 11.6 Å². The number of methoxy groups -OCH3 is 1. The number of pyridine rings is 1. The van der Waals surface area contributed by atoms with Gasteiger partial charge in [0, 0.05) is 27.9 Å². The van der Waals surface area contributed by atoms with Gasteiger partial charge in [0.1, 0.15) is 11.5 Å². The van der Waals surface area contributed by atoms with Crippen molar-refractivity contribution >= 4 is 27.5 Å². The molecule has 0 radical (unpaired) electrons. The summed E-state index contributed by atoms with van der Waals surface area (Å²) in [6.45, 7) is 0. The summed E-state index contributed by atoms with van der Waals surface area (Å²) in [5.74, 6) is -0.988. The van der Waals surface area contributed by atoms with Crippen LogP contribution in [0.2, 0.25) is 5.02 Å². The molecule has 0 saturated carbocycles. The molecule has 0 spiro atoms. The number of aromatic nitrogens is 1. The third-order valence-corrected chi connectivity index (χ3v) is 4.68. The number of ether oxygens (including phenoxy) is 2. The highest BCUT2D eigenvalue weighted by Gasteiger charge is 2.17. The van der Waals surface area contributed by atoms with Crippen molar-refractivity contribution in [3.8, 4) is 28.5 Å². The van der Waals surface area contributed by atoms with Crippen LogP contribution in [0.5, 0.6) is 17.4 Å². The second-order valence-electron chi connectivity index (χ2n) is 6.19. The van der Waals surface area contributed by atoms with Gasteiger partial charge in [0.15, 0.2) is 5.82 Å². The Morgan fingerprint density at radius 3 is 2.43 bits per heavy atom. The van der Waals surface area contributed by atoms with Gasteiger partial charge in [0.2, 0.25) is 15.9 Å². The van der Waals surface area contributed by atoms with E-state index in [1.54, 1.807) is 24.3 Å². The Balaban J connectivity index is 2.08. The van der Waals surface area contributed by atoms with Crippen LogP contribution < -0.4 is 14.2 Å². The fourth-order valence-corrected chi connectivity index (χ4v) is 3.15. The van der Waals surface area contributed by atoms with Gasteiger partial charge >= 0.3 is 0 Å². The van der Waals surface area contributed by atoms with E-state index in [4.69, 9.17) is 21.1 Å². The molecule has 0 aliphatic rings. The van der Waals surface area contributed by atoms with Gasteiger partial charge in [-0.2, -0.15) is 0 Å². The maximum absolute atomic E-state index is 14.2. The summed E-state index contributed by atoms with van der Waals surface area (Å²) in [5, 5.41) is 0.525. The first-order chi connectivity index (χ1) is 14.2. The zero-order chi connectivity index (χ0) is 21.9. The van der Waals surface area contributed by atoms with E-state index in [0.717, 1.165) is 6.26 Å². The highest BCUT2D eigenvalue weighted by atomic mass is 35.5. The smallest absolute Gasteiger partial charge is 0.264 e. The van der Waals surface area contributed by atoms with Crippen LogP contribution in [0.3, 0.4) is 0 Å². The number of hydrogen-bond donors (Lipinski definition) is 1. The number of nitrogens with zero attached hydrogens (tertiary/aromatic N) is 1. The van der Waals surface area contributed by atoms with Gasteiger partial charge in [-0.15, -0.1) is 0 Å². The quantitative estimate of drug-likeness (QED) is 0.609. The van der Waals surface area contributed by atoms with Crippen molar-refractivity contribution in [1.29, 1.82) is 0 Å². The minimum atomic E-state index is -3.76. The van der Waals surface area contributed by atoms with Crippen LogP contribution in [0.1, 0.15) is 10.4 Å². The molecule has 0 atom stereocenters. The highest BCUT2D eigenvalue weighted by molar-refractivity contribution is 7.89. The van der Waals surface area contributed by atoms with Crippen molar-refractivity contribution in [2.24, 2.45) is 0 Å². The van der Waals surface area contributed by atoms with E-state index in [9.17, 15) is 17.6 Å². The molecule has 30 heavy (non-hydrogen) atoms. The summed E-state index contributed by atoms with van der Waals surface area (Å²) in [5.41, 5.74) is 0.654. The maximum Gasteiger partial charge on any atom is 0.264 e. The molecule has 10 heteroatoms. The van der Waals surface area contributed by atoms with Crippen LogP contribution in [-0.4, -0.2) is 32.7 Å². The predicted molar refractivity (Wildman–Crippen MR) is 110 cm³/mol. The summed E-state index contributed by atoms with van der Waals surface area (Å²) < 4.78 is 49.6. The van der Waals surface area contributed by atoms with E-state index in [1.165, 1.54) is 37.6 Å². The number of rotatable bonds is 6. The van der Waals surface area contributed by atoms with E-state index in [-0.39, 0.29) is 11.4 Å². The molecule has 2 aromatic carbocycles. The Kier molecular flexibility index (Phi) is 6.23. The van der Waals surface area contributed by atoms with Gasteiger partial charge < -0.3 is 9.47 Å². The summed E-state index contributed by atoms with van der Waals surface area (Å²) in [7, 11) is -2.47. The number of carbonyl (C=O) groups is 1. The standard InChI is InChI=1S/C20H16ClFN2O5S/c1-28-20-17(22)10-13(11-23-20)16-9-12(19(25)24-30(2,26)27)3-8-18(16)29-15-6-4-14(21)5-7-15/h3-11H,1-2H3,(H,24,25). The maximum atomic E-state index is 14.2. The molecule has 1 N–H and O–H groups in total. The molecule has 0 unspecified atom stereocenters. The molecule has 3 rings (SSSR count). The molecule has 0 saturated heterocycles. The average molecular weight is 451 g/mol. The second-order valence-corrected chi connectivity index (χ2v) is 8.37. The van der Waals surface area contributed by atoms with Crippen molar-refractivity contribution in [2.75, 3.05) is 13.4 Å². The average Bonchev–Trinajstić information content (AvgIpc) is 2.68. The number of carbonyl (C=O) groups excluding carboxylic acids is 1. The van der Waals surface area contributed by atoms with Crippen LogP contribution in [0.25, 0.3) is 11.1 Å². The lowest BCUT2D eigenvalue weighted by molar-refractivity contribution is 0.0981. The molecular formula is C20H16ClFN2O5S.